The maximum Gasteiger partial charge on any atom is 0.176 e. The Kier molecular flexibility index (Phi) is 3.24. The first kappa shape index (κ1) is 11.4. The number of nitrogens with zero attached hydrogens (tertiary/aromatic N) is 1. The van der Waals surface area contributed by atoms with E-state index >= 15 is 0 Å². The number of carbonyl (C=O) groups excluding carboxylic acids is 1. The minimum Gasteiger partial charge on any atom is -0.501 e. The molecule has 1 aliphatic carbocycles. The molecular formula is C14H13NO2. The van der Waals surface area contributed by atoms with Crippen molar-refractivity contribution in [1.29, 1.82) is 5.26 Å². The van der Waals surface area contributed by atoms with Crippen LogP contribution in [0.25, 0.3) is 0 Å². The number of benzene rings is 1. The SMILES string of the molecule is COC1=CC(=O)[C@H](C#N)[C@H](c2ccccc2)C1. The van der Waals surface area contributed by atoms with Gasteiger partial charge < -0.3 is 4.74 Å². The highest BCUT2D eigenvalue weighted by molar-refractivity contribution is 5.95. The van der Waals surface area contributed by atoms with Crippen molar-refractivity contribution in [2.75, 3.05) is 7.11 Å². The highest BCUT2D eigenvalue weighted by atomic mass is 16.5. The predicted molar refractivity (Wildman–Crippen MR) is 63.0 cm³/mol. The molecule has 86 valence electrons. The summed E-state index contributed by atoms with van der Waals surface area (Å²) in [5.41, 5.74) is 1.01. The number of allylic oxidation sites excluding steroid dienone is 2. The van der Waals surface area contributed by atoms with E-state index in [-0.39, 0.29) is 11.7 Å². The fraction of sp³-hybridized carbons (Fsp3) is 0.286. The summed E-state index contributed by atoms with van der Waals surface area (Å²) in [6.07, 6.45) is 2.04. The van der Waals surface area contributed by atoms with Crippen LogP contribution >= 0.6 is 0 Å². The second kappa shape index (κ2) is 4.84. The van der Waals surface area contributed by atoms with Gasteiger partial charge in [0.2, 0.25) is 0 Å². The molecular weight excluding hydrogens is 214 g/mol. The van der Waals surface area contributed by atoms with Crippen molar-refractivity contribution >= 4 is 5.78 Å². The van der Waals surface area contributed by atoms with E-state index in [2.05, 4.69) is 6.07 Å². The third-order valence-corrected chi connectivity index (χ3v) is 3.06. The van der Waals surface area contributed by atoms with Crippen molar-refractivity contribution in [3.05, 3.63) is 47.7 Å². The monoisotopic (exact) mass is 227 g/mol. The van der Waals surface area contributed by atoms with Crippen molar-refractivity contribution in [3.8, 4) is 6.07 Å². The number of ketones is 1. The first-order valence-electron chi connectivity index (χ1n) is 5.49. The van der Waals surface area contributed by atoms with Gasteiger partial charge >= 0.3 is 0 Å². The summed E-state index contributed by atoms with van der Waals surface area (Å²) in [4.78, 5) is 11.8. The molecule has 0 saturated heterocycles. The van der Waals surface area contributed by atoms with E-state index in [0.717, 1.165) is 5.56 Å². The average Bonchev–Trinajstić information content (AvgIpc) is 2.38. The first-order chi connectivity index (χ1) is 8.26. The predicted octanol–water partition coefficient (Wildman–Crippen LogP) is 2.41. The Morgan fingerprint density at radius 1 is 1.35 bits per heavy atom. The van der Waals surface area contributed by atoms with Crippen molar-refractivity contribution in [2.24, 2.45) is 5.92 Å². The lowest BCUT2D eigenvalue weighted by Crippen LogP contribution is -2.25. The Morgan fingerprint density at radius 2 is 2.06 bits per heavy atom. The second-order valence-corrected chi connectivity index (χ2v) is 4.05. The normalized spacial score (nSPS) is 23.8. The van der Waals surface area contributed by atoms with Gasteiger partial charge in [0, 0.05) is 18.4 Å². The summed E-state index contributed by atoms with van der Waals surface area (Å²) in [6, 6.07) is 11.7. The third kappa shape index (κ3) is 2.21. The van der Waals surface area contributed by atoms with Gasteiger partial charge in [-0.1, -0.05) is 30.3 Å². The van der Waals surface area contributed by atoms with E-state index in [1.807, 2.05) is 30.3 Å². The molecule has 1 aromatic carbocycles. The molecule has 0 N–H and O–H groups in total. The molecule has 3 heteroatoms. The number of ether oxygens (including phenoxy) is 1. The highest BCUT2D eigenvalue weighted by Gasteiger charge is 2.33. The van der Waals surface area contributed by atoms with Gasteiger partial charge in [0.15, 0.2) is 5.78 Å². The van der Waals surface area contributed by atoms with Crippen LogP contribution in [0.3, 0.4) is 0 Å². The van der Waals surface area contributed by atoms with Gasteiger partial charge in [-0.05, 0) is 5.56 Å². The summed E-state index contributed by atoms with van der Waals surface area (Å²) in [7, 11) is 1.55. The number of methoxy groups -OCH3 is 1. The van der Waals surface area contributed by atoms with Gasteiger partial charge in [-0.25, -0.2) is 0 Å². The van der Waals surface area contributed by atoms with Crippen molar-refractivity contribution in [3.63, 3.8) is 0 Å². The lowest BCUT2D eigenvalue weighted by atomic mass is 9.78. The largest absolute Gasteiger partial charge is 0.501 e. The zero-order valence-electron chi connectivity index (χ0n) is 9.59. The number of carbonyl (C=O) groups is 1. The standard InChI is InChI=1S/C14H13NO2/c1-17-11-7-12(10-5-3-2-4-6-10)13(9-15)14(16)8-11/h2-6,8,12-13H,7H2,1H3/t12-,13+/m0/s1. The summed E-state index contributed by atoms with van der Waals surface area (Å²) in [6.45, 7) is 0. The molecule has 0 fully saturated rings. The van der Waals surface area contributed by atoms with Crippen molar-refractivity contribution in [2.45, 2.75) is 12.3 Å². The van der Waals surface area contributed by atoms with Gasteiger partial charge in [-0.3, -0.25) is 4.79 Å². The highest BCUT2D eigenvalue weighted by Crippen LogP contribution is 2.35. The van der Waals surface area contributed by atoms with Gasteiger partial charge in [0.25, 0.3) is 0 Å². The number of nitriles is 1. The lowest BCUT2D eigenvalue weighted by Gasteiger charge is -2.25. The molecule has 2 rings (SSSR count). The first-order valence-corrected chi connectivity index (χ1v) is 5.49. The minimum atomic E-state index is -0.601. The van der Waals surface area contributed by atoms with Gasteiger partial charge in [-0.2, -0.15) is 5.26 Å². The third-order valence-electron chi connectivity index (χ3n) is 3.06. The topological polar surface area (TPSA) is 50.1 Å². The van der Waals surface area contributed by atoms with Gasteiger partial charge in [0.1, 0.15) is 5.92 Å². The summed E-state index contributed by atoms with van der Waals surface area (Å²) in [5, 5.41) is 9.11. The maximum absolute atomic E-state index is 11.8. The van der Waals surface area contributed by atoms with E-state index in [4.69, 9.17) is 10.00 Å². The molecule has 0 radical (unpaired) electrons. The summed E-state index contributed by atoms with van der Waals surface area (Å²) in [5.74, 6) is -0.218. The van der Waals surface area contributed by atoms with Crippen LogP contribution < -0.4 is 0 Å². The minimum absolute atomic E-state index is 0.103. The average molecular weight is 227 g/mol. The zero-order chi connectivity index (χ0) is 12.3. The number of hydrogen-bond acceptors (Lipinski definition) is 3. The van der Waals surface area contributed by atoms with Crippen LogP contribution in [0, 0.1) is 17.2 Å². The van der Waals surface area contributed by atoms with Crippen LogP contribution in [0.2, 0.25) is 0 Å². The van der Waals surface area contributed by atoms with E-state index < -0.39 is 5.92 Å². The molecule has 0 aromatic heterocycles. The van der Waals surface area contributed by atoms with Gasteiger partial charge in [0.05, 0.1) is 18.9 Å². The Bertz CT molecular complexity index is 485. The van der Waals surface area contributed by atoms with Crippen LogP contribution in [0.5, 0.6) is 0 Å². The molecule has 1 aliphatic rings. The van der Waals surface area contributed by atoms with Crippen LogP contribution in [-0.2, 0) is 9.53 Å². The lowest BCUT2D eigenvalue weighted by molar-refractivity contribution is -0.118. The van der Waals surface area contributed by atoms with E-state index in [0.29, 0.717) is 12.2 Å². The molecule has 17 heavy (non-hydrogen) atoms. The quantitative estimate of drug-likeness (QED) is 0.779. The molecule has 1 aromatic rings. The molecule has 0 heterocycles. The fourth-order valence-corrected chi connectivity index (χ4v) is 2.15. The van der Waals surface area contributed by atoms with Crippen molar-refractivity contribution < 1.29 is 9.53 Å². The Hall–Kier alpha value is -2.08. The summed E-state index contributed by atoms with van der Waals surface area (Å²) >= 11 is 0. The molecule has 0 spiro atoms. The van der Waals surface area contributed by atoms with E-state index in [1.165, 1.54) is 6.08 Å². The van der Waals surface area contributed by atoms with Crippen LogP contribution in [0.15, 0.2) is 42.2 Å². The van der Waals surface area contributed by atoms with Crippen LogP contribution in [0.4, 0.5) is 0 Å². The molecule has 2 atom stereocenters. The second-order valence-electron chi connectivity index (χ2n) is 4.05. The maximum atomic E-state index is 11.8. The Balaban J connectivity index is 2.37. The molecule has 3 nitrogen and oxygen atoms in total. The fourth-order valence-electron chi connectivity index (χ4n) is 2.15. The molecule has 0 aliphatic heterocycles. The molecule has 0 amide bonds. The van der Waals surface area contributed by atoms with Crippen molar-refractivity contribution in [1.82, 2.24) is 0 Å². The molecule has 0 unspecified atom stereocenters. The molecule has 0 saturated carbocycles. The number of hydrogen-bond donors (Lipinski definition) is 0. The Labute approximate surface area is 100 Å². The zero-order valence-corrected chi connectivity index (χ0v) is 9.59. The smallest absolute Gasteiger partial charge is 0.176 e. The Morgan fingerprint density at radius 3 is 2.65 bits per heavy atom. The molecule has 0 bridgehead atoms. The number of rotatable bonds is 2. The van der Waals surface area contributed by atoms with E-state index in [9.17, 15) is 4.79 Å². The van der Waals surface area contributed by atoms with Gasteiger partial charge in [-0.15, -0.1) is 0 Å². The van der Waals surface area contributed by atoms with Crippen LogP contribution in [-0.4, -0.2) is 12.9 Å². The summed E-state index contributed by atoms with van der Waals surface area (Å²) < 4.78 is 5.14. The van der Waals surface area contributed by atoms with Crippen LogP contribution in [0.1, 0.15) is 17.9 Å². The van der Waals surface area contributed by atoms with E-state index in [1.54, 1.807) is 7.11 Å².